The van der Waals surface area contributed by atoms with Crippen molar-refractivity contribution in [3.63, 3.8) is 0 Å². The van der Waals surface area contributed by atoms with Gasteiger partial charge in [-0.1, -0.05) is 164 Å². The van der Waals surface area contributed by atoms with Crippen molar-refractivity contribution in [3.05, 3.63) is 259 Å². The fourth-order valence-electron chi connectivity index (χ4n) is 11.0. The summed E-state index contributed by atoms with van der Waals surface area (Å²) < 4.78 is 2.39. The smallest absolute Gasteiger partial charge is 0.0726 e. The lowest BCUT2D eigenvalue weighted by Crippen LogP contribution is -2.26. The fourth-order valence-corrected chi connectivity index (χ4v) is 11.0. The molecule has 0 N–H and O–H groups in total. The Morgan fingerprint density at radius 3 is 1.62 bits per heavy atom. The highest BCUT2D eigenvalue weighted by atomic mass is 15.1. The summed E-state index contributed by atoms with van der Waals surface area (Å²) in [6.45, 7) is 0. The number of benzene rings is 9. The predicted molar refractivity (Wildman–Crippen MR) is 260 cm³/mol. The van der Waals surface area contributed by atoms with Gasteiger partial charge in [-0.25, -0.2) is 0 Å². The van der Waals surface area contributed by atoms with Crippen LogP contribution in [0.4, 0.5) is 17.1 Å². The van der Waals surface area contributed by atoms with Gasteiger partial charge in [0, 0.05) is 45.2 Å². The molecule has 2 aliphatic rings. The van der Waals surface area contributed by atoms with Crippen molar-refractivity contribution in [2.75, 3.05) is 4.90 Å². The number of hydrogen-bond donors (Lipinski definition) is 0. The van der Waals surface area contributed by atoms with Crippen LogP contribution >= 0.6 is 0 Å². The minimum absolute atomic E-state index is 0.439. The minimum atomic E-state index is -0.439. The molecule has 0 fully saturated rings. The monoisotopic (exact) mass is 801 g/mol. The number of aromatic nitrogens is 2. The van der Waals surface area contributed by atoms with E-state index in [9.17, 15) is 0 Å². The van der Waals surface area contributed by atoms with Crippen LogP contribution in [0, 0.1) is 0 Å². The van der Waals surface area contributed by atoms with Crippen LogP contribution in [0.1, 0.15) is 22.3 Å². The van der Waals surface area contributed by atoms with Gasteiger partial charge in [0.2, 0.25) is 0 Å². The number of rotatable bonds is 6. The normalized spacial score (nSPS) is 12.9. The summed E-state index contributed by atoms with van der Waals surface area (Å²) in [7, 11) is 0. The SMILES string of the molecule is c1ccc(-n2c3ccccc3c3c(-c4ccc(N(c5ccc(-c6ccccn6)cc5)c5cccc6c5-c5ccccc5C65c6ccccc6-c6ccccc65)cc4)cccc32)cc1. The van der Waals surface area contributed by atoms with Gasteiger partial charge in [0.25, 0.3) is 0 Å². The van der Waals surface area contributed by atoms with Crippen molar-refractivity contribution in [2.24, 2.45) is 0 Å². The topological polar surface area (TPSA) is 21.1 Å². The summed E-state index contributed by atoms with van der Waals surface area (Å²) in [5.74, 6) is 0. The molecule has 0 saturated heterocycles. The highest BCUT2D eigenvalue weighted by Gasteiger charge is 2.52. The van der Waals surface area contributed by atoms with Crippen LogP contribution in [0.15, 0.2) is 237 Å². The molecule has 3 heteroatoms. The van der Waals surface area contributed by atoms with Crippen LogP contribution in [0.2, 0.25) is 0 Å². The lowest BCUT2D eigenvalue weighted by Gasteiger charge is -2.32. The second-order valence-electron chi connectivity index (χ2n) is 16.6. The van der Waals surface area contributed by atoms with Crippen LogP contribution in [-0.4, -0.2) is 9.55 Å². The average Bonchev–Trinajstić information content (AvgIpc) is 3.98. The molecule has 13 rings (SSSR count). The number of nitrogens with zero attached hydrogens (tertiary/aromatic N) is 3. The molecule has 63 heavy (non-hydrogen) atoms. The summed E-state index contributed by atoms with van der Waals surface area (Å²) in [5.41, 5.74) is 21.3. The summed E-state index contributed by atoms with van der Waals surface area (Å²) in [4.78, 5) is 7.13. The zero-order chi connectivity index (χ0) is 41.5. The van der Waals surface area contributed by atoms with Gasteiger partial charge in [0.1, 0.15) is 0 Å². The van der Waals surface area contributed by atoms with Crippen LogP contribution in [0.3, 0.4) is 0 Å². The summed E-state index contributed by atoms with van der Waals surface area (Å²) >= 11 is 0. The van der Waals surface area contributed by atoms with Crippen LogP contribution in [-0.2, 0) is 5.41 Å². The zero-order valence-electron chi connectivity index (χ0n) is 34.4. The van der Waals surface area contributed by atoms with Crippen molar-refractivity contribution < 1.29 is 0 Å². The van der Waals surface area contributed by atoms with E-state index in [2.05, 4.69) is 233 Å². The molecule has 0 atom stereocenters. The van der Waals surface area contributed by atoms with Gasteiger partial charge in [-0.05, 0) is 117 Å². The quantitative estimate of drug-likeness (QED) is 0.167. The van der Waals surface area contributed by atoms with Gasteiger partial charge >= 0.3 is 0 Å². The molecule has 0 amide bonds. The van der Waals surface area contributed by atoms with Gasteiger partial charge in [0.05, 0.1) is 27.8 Å². The summed E-state index contributed by atoms with van der Waals surface area (Å²) in [6, 6.07) is 84.4. The molecule has 294 valence electrons. The summed E-state index contributed by atoms with van der Waals surface area (Å²) in [5, 5.41) is 2.50. The van der Waals surface area contributed by atoms with E-state index in [0.717, 1.165) is 34.0 Å². The number of para-hydroxylation sites is 2. The Kier molecular flexibility index (Phi) is 7.82. The molecule has 2 heterocycles. The standard InChI is InChI=1S/C60H39N3/c1-2-16-42(17-3-1)63-55-28-11-7-21-49(55)58-45(22-14-29-56(58)63)40-31-35-43(36-32-40)62(44-37-33-41(34-38-44)54-27-12-13-39-61-54)57-30-15-26-53-59(57)48-20-6-10-25-52(48)60(53)50-23-8-4-18-46(50)47-19-5-9-24-51(47)60/h1-39H. The highest BCUT2D eigenvalue weighted by Crippen LogP contribution is 2.64. The van der Waals surface area contributed by atoms with E-state index in [0.29, 0.717) is 0 Å². The van der Waals surface area contributed by atoms with Gasteiger partial charge < -0.3 is 9.47 Å². The molecule has 0 aliphatic heterocycles. The largest absolute Gasteiger partial charge is 0.310 e. The van der Waals surface area contributed by atoms with Crippen LogP contribution < -0.4 is 4.90 Å². The van der Waals surface area contributed by atoms with Crippen molar-refractivity contribution in [1.82, 2.24) is 9.55 Å². The van der Waals surface area contributed by atoms with E-state index in [4.69, 9.17) is 0 Å². The maximum Gasteiger partial charge on any atom is 0.0726 e. The first-order valence-electron chi connectivity index (χ1n) is 21.7. The molecule has 0 saturated carbocycles. The second-order valence-corrected chi connectivity index (χ2v) is 16.6. The van der Waals surface area contributed by atoms with E-state index in [1.807, 2.05) is 18.3 Å². The highest BCUT2D eigenvalue weighted by molar-refractivity contribution is 6.16. The molecule has 9 aromatic carbocycles. The lowest BCUT2D eigenvalue weighted by molar-refractivity contribution is 0.794. The molecule has 0 bridgehead atoms. The van der Waals surface area contributed by atoms with E-state index < -0.39 is 5.41 Å². The van der Waals surface area contributed by atoms with Crippen molar-refractivity contribution >= 4 is 38.9 Å². The Morgan fingerprint density at radius 1 is 0.381 bits per heavy atom. The first kappa shape index (κ1) is 35.5. The Hall–Kier alpha value is -8.27. The number of fused-ring (bicyclic) bond motifs is 13. The maximum absolute atomic E-state index is 4.67. The Bertz CT molecular complexity index is 3500. The van der Waals surface area contributed by atoms with Gasteiger partial charge in [-0.2, -0.15) is 0 Å². The Morgan fingerprint density at radius 2 is 0.921 bits per heavy atom. The molecule has 0 radical (unpaired) electrons. The molecule has 2 aromatic heterocycles. The van der Waals surface area contributed by atoms with Gasteiger partial charge in [-0.3, -0.25) is 4.98 Å². The molecule has 1 spiro atoms. The number of anilines is 3. The van der Waals surface area contributed by atoms with Gasteiger partial charge in [0.15, 0.2) is 0 Å². The van der Waals surface area contributed by atoms with E-state index in [-0.39, 0.29) is 0 Å². The fraction of sp³-hybridized carbons (Fsp3) is 0.0167. The van der Waals surface area contributed by atoms with E-state index >= 15 is 0 Å². The third kappa shape index (κ3) is 5.11. The first-order valence-corrected chi connectivity index (χ1v) is 21.7. The molecular formula is C60H39N3. The Balaban J connectivity index is 1.02. The molecule has 11 aromatic rings. The first-order chi connectivity index (χ1) is 31.3. The molecule has 3 nitrogen and oxygen atoms in total. The predicted octanol–water partition coefficient (Wildman–Crippen LogP) is 15.3. The summed E-state index contributed by atoms with van der Waals surface area (Å²) in [6.07, 6.45) is 1.86. The third-order valence-corrected chi connectivity index (χ3v) is 13.5. The zero-order valence-corrected chi connectivity index (χ0v) is 34.4. The van der Waals surface area contributed by atoms with E-state index in [1.165, 1.54) is 77.4 Å². The van der Waals surface area contributed by atoms with Crippen molar-refractivity contribution in [3.8, 4) is 50.3 Å². The van der Waals surface area contributed by atoms with Crippen molar-refractivity contribution in [2.45, 2.75) is 5.41 Å². The van der Waals surface area contributed by atoms with Crippen molar-refractivity contribution in [1.29, 1.82) is 0 Å². The van der Waals surface area contributed by atoms with Gasteiger partial charge in [-0.15, -0.1) is 0 Å². The molecular weight excluding hydrogens is 763 g/mol. The molecule has 0 unspecified atom stereocenters. The average molecular weight is 802 g/mol. The second kappa shape index (κ2) is 13.9. The van der Waals surface area contributed by atoms with Crippen LogP contribution in [0.5, 0.6) is 0 Å². The minimum Gasteiger partial charge on any atom is -0.310 e. The lowest BCUT2D eigenvalue weighted by atomic mass is 9.70. The number of pyridine rings is 1. The van der Waals surface area contributed by atoms with Crippen LogP contribution in [0.25, 0.3) is 72.1 Å². The third-order valence-electron chi connectivity index (χ3n) is 13.5. The molecule has 2 aliphatic carbocycles. The maximum atomic E-state index is 4.67. The van der Waals surface area contributed by atoms with E-state index in [1.54, 1.807) is 0 Å². The Labute approximate surface area is 366 Å². The number of hydrogen-bond acceptors (Lipinski definition) is 2.